The Balaban J connectivity index is 1.69. The van der Waals surface area contributed by atoms with Gasteiger partial charge in [0.25, 0.3) is 0 Å². The molecule has 1 aromatic rings. The Labute approximate surface area is 140 Å². The van der Waals surface area contributed by atoms with E-state index in [1.807, 2.05) is 0 Å². The van der Waals surface area contributed by atoms with Gasteiger partial charge in [0.1, 0.15) is 6.10 Å². The molecule has 0 aromatic heterocycles. The average Bonchev–Trinajstić information content (AvgIpc) is 2.70. The van der Waals surface area contributed by atoms with Crippen molar-refractivity contribution in [3.63, 3.8) is 0 Å². The molecule has 5 heteroatoms. The van der Waals surface area contributed by atoms with Crippen molar-refractivity contribution in [2.24, 2.45) is 0 Å². The van der Waals surface area contributed by atoms with Gasteiger partial charge < -0.3 is 9.64 Å². The van der Waals surface area contributed by atoms with Crippen LogP contribution >= 0.6 is 23.2 Å². The fourth-order valence-electron chi connectivity index (χ4n) is 3.57. The molecular weight excluding hydrogens is 321 g/mol. The van der Waals surface area contributed by atoms with E-state index in [-0.39, 0.29) is 11.7 Å². The summed E-state index contributed by atoms with van der Waals surface area (Å²) in [5.74, 6) is -0.427. The minimum Gasteiger partial charge on any atom is -0.459 e. The van der Waals surface area contributed by atoms with Gasteiger partial charge in [-0.3, -0.25) is 0 Å². The van der Waals surface area contributed by atoms with Gasteiger partial charge in [-0.25, -0.2) is 4.79 Å². The summed E-state index contributed by atoms with van der Waals surface area (Å²) in [4.78, 5) is 14.8. The van der Waals surface area contributed by atoms with Crippen LogP contribution in [0.4, 0.5) is 0 Å². The molecule has 3 nitrogen and oxygen atoms in total. The molecule has 118 valence electrons. The van der Waals surface area contributed by atoms with Crippen LogP contribution in [0, 0.1) is 0 Å². The molecule has 22 heavy (non-hydrogen) atoms. The van der Waals surface area contributed by atoms with Crippen molar-refractivity contribution in [3.05, 3.63) is 40.4 Å². The number of hydrogen-bond acceptors (Lipinski definition) is 3. The largest absolute Gasteiger partial charge is 0.459 e. The van der Waals surface area contributed by atoms with Crippen LogP contribution in [0.1, 0.15) is 31.2 Å². The molecule has 2 heterocycles. The number of carbonyl (C=O) groups is 1. The highest BCUT2D eigenvalue weighted by Gasteiger charge is 2.40. The van der Waals surface area contributed by atoms with Crippen LogP contribution in [0.25, 0.3) is 5.57 Å². The van der Waals surface area contributed by atoms with E-state index in [2.05, 4.69) is 18.5 Å². The smallest absolute Gasteiger partial charge is 0.338 e. The predicted octanol–water partition coefficient (Wildman–Crippen LogP) is 4.18. The summed E-state index contributed by atoms with van der Waals surface area (Å²) in [5, 5.41) is 0.829. The van der Waals surface area contributed by atoms with E-state index in [0.717, 1.165) is 12.8 Å². The molecule has 1 aromatic carbocycles. The fourth-order valence-corrected chi connectivity index (χ4v) is 4.19. The number of esters is 1. The Morgan fingerprint density at radius 3 is 2.32 bits per heavy atom. The quantitative estimate of drug-likeness (QED) is 0.611. The number of rotatable bonds is 3. The summed E-state index contributed by atoms with van der Waals surface area (Å²) < 4.78 is 5.66. The summed E-state index contributed by atoms with van der Waals surface area (Å²) in [6.07, 6.45) is 4.11. The Kier molecular flexibility index (Phi) is 4.49. The zero-order valence-electron chi connectivity index (χ0n) is 12.5. The maximum absolute atomic E-state index is 12.4. The topological polar surface area (TPSA) is 29.5 Å². The lowest BCUT2D eigenvalue weighted by molar-refractivity contribution is -0.145. The van der Waals surface area contributed by atoms with Gasteiger partial charge >= 0.3 is 5.97 Å². The van der Waals surface area contributed by atoms with Gasteiger partial charge in [-0.2, -0.15) is 0 Å². The van der Waals surface area contributed by atoms with E-state index in [4.69, 9.17) is 27.9 Å². The molecule has 0 amide bonds. The molecule has 3 atom stereocenters. The van der Waals surface area contributed by atoms with Crippen LogP contribution in [0.15, 0.2) is 24.8 Å². The third-order valence-electron chi connectivity index (χ3n) is 4.84. The summed E-state index contributed by atoms with van der Waals surface area (Å²) in [5.41, 5.74) is 0.689. The molecular formula is C17H19Cl2NO2. The van der Waals surface area contributed by atoms with Gasteiger partial charge in [0.15, 0.2) is 0 Å². The SMILES string of the molecule is C=C(C(=O)OC1C[C@H]2CC[C@@H](C1)N2C)c1c(Cl)cccc1Cl. The van der Waals surface area contributed by atoms with Crippen molar-refractivity contribution in [1.29, 1.82) is 0 Å². The second kappa shape index (κ2) is 6.23. The van der Waals surface area contributed by atoms with Gasteiger partial charge in [-0.1, -0.05) is 35.8 Å². The first-order valence-corrected chi connectivity index (χ1v) is 8.29. The zero-order chi connectivity index (χ0) is 15.9. The minimum absolute atomic E-state index is 0.0424. The molecule has 2 aliphatic heterocycles. The number of hydrogen-bond donors (Lipinski definition) is 0. The van der Waals surface area contributed by atoms with E-state index in [1.165, 1.54) is 12.8 Å². The van der Waals surface area contributed by atoms with E-state index in [0.29, 0.717) is 27.7 Å². The third-order valence-corrected chi connectivity index (χ3v) is 5.47. The Hall–Kier alpha value is -1.03. The molecule has 0 radical (unpaired) electrons. The van der Waals surface area contributed by atoms with Crippen LogP contribution in [-0.4, -0.2) is 36.1 Å². The van der Waals surface area contributed by atoms with Gasteiger partial charge in [0.05, 0.1) is 15.6 Å². The molecule has 0 saturated carbocycles. The van der Waals surface area contributed by atoms with Gasteiger partial charge in [-0.05, 0) is 32.0 Å². The maximum Gasteiger partial charge on any atom is 0.338 e. The molecule has 2 aliphatic rings. The molecule has 1 unspecified atom stereocenters. The maximum atomic E-state index is 12.4. The fraction of sp³-hybridized carbons (Fsp3) is 0.471. The highest BCUT2D eigenvalue weighted by molar-refractivity contribution is 6.40. The highest BCUT2D eigenvalue weighted by atomic mass is 35.5. The van der Waals surface area contributed by atoms with E-state index >= 15 is 0 Å². The molecule has 3 rings (SSSR count). The van der Waals surface area contributed by atoms with Crippen molar-refractivity contribution in [2.75, 3.05) is 7.05 Å². The summed E-state index contributed by atoms with van der Waals surface area (Å²) in [6, 6.07) is 6.16. The number of fused-ring (bicyclic) bond motifs is 2. The van der Waals surface area contributed by atoms with Crippen molar-refractivity contribution in [1.82, 2.24) is 4.90 Å². The first-order valence-electron chi connectivity index (χ1n) is 7.53. The van der Waals surface area contributed by atoms with Crippen LogP contribution in [0.5, 0.6) is 0 Å². The van der Waals surface area contributed by atoms with Gasteiger partial charge in [0, 0.05) is 30.5 Å². The number of halogens is 2. The predicted molar refractivity (Wildman–Crippen MR) is 89.2 cm³/mol. The summed E-state index contributed by atoms with van der Waals surface area (Å²) in [6.45, 7) is 3.83. The second-order valence-electron chi connectivity index (χ2n) is 6.12. The number of ether oxygens (including phenoxy) is 1. The number of benzene rings is 1. The molecule has 2 saturated heterocycles. The van der Waals surface area contributed by atoms with E-state index in [9.17, 15) is 4.79 Å². The lowest BCUT2D eigenvalue weighted by atomic mass is 10.0. The lowest BCUT2D eigenvalue weighted by Gasteiger charge is -2.35. The van der Waals surface area contributed by atoms with Gasteiger partial charge in [0.2, 0.25) is 0 Å². The third kappa shape index (κ3) is 2.90. The summed E-state index contributed by atoms with van der Waals surface area (Å²) >= 11 is 12.3. The van der Waals surface area contributed by atoms with Crippen LogP contribution in [-0.2, 0) is 9.53 Å². The van der Waals surface area contributed by atoms with Crippen LogP contribution < -0.4 is 0 Å². The first kappa shape index (κ1) is 15.9. The van der Waals surface area contributed by atoms with E-state index in [1.54, 1.807) is 18.2 Å². The number of carbonyl (C=O) groups excluding carboxylic acids is 1. The van der Waals surface area contributed by atoms with Crippen LogP contribution in [0.2, 0.25) is 10.0 Å². The first-order chi connectivity index (χ1) is 10.5. The molecule has 2 fully saturated rings. The zero-order valence-corrected chi connectivity index (χ0v) is 14.0. The van der Waals surface area contributed by atoms with Crippen LogP contribution in [0.3, 0.4) is 0 Å². The number of nitrogens with zero attached hydrogens (tertiary/aromatic N) is 1. The Bertz CT molecular complexity index is 582. The van der Waals surface area contributed by atoms with Gasteiger partial charge in [-0.15, -0.1) is 0 Å². The van der Waals surface area contributed by atoms with Crippen molar-refractivity contribution < 1.29 is 9.53 Å². The molecule has 0 N–H and O–H groups in total. The second-order valence-corrected chi connectivity index (χ2v) is 6.94. The van der Waals surface area contributed by atoms with Crippen molar-refractivity contribution in [3.8, 4) is 0 Å². The molecule has 0 aliphatic carbocycles. The minimum atomic E-state index is -0.427. The van der Waals surface area contributed by atoms with Crippen molar-refractivity contribution in [2.45, 2.75) is 43.9 Å². The highest BCUT2D eigenvalue weighted by Crippen LogP contribution is 2.37. The average molecular weight is 340 g/mol. The normalized spacial score (nSPS) is 27.7. The summed E-state index contributed by atoms with van der Waals surface area (Å²) in [7, 11) is 2.16. The monoisotopic (exact) mass is 339 g/mol. The Morgan fingerprint density at radius 2 is 1.77 bits per heavy atom. The Morgan fingerprint density at radius 1 is 1.23 bits per heavy atom. The standard InChI is InChI=1S/C17H19Cl2NO2/c1-10(16-14(18)4-3-5-15(16)19)17(21)22-13-8-11-6-7-12(9-13)20(11)2/h3-5,11-13H,1,6-9H2,2H3/t11-,12+,13?. The lowest BCUT2D eigenvalue weighted by Crippen LogP contribution is -2.43. The van der Waals surface area contributed by atoms with E-state index < -0.39 is 5.97 Å². The molecule has 0 spiro atoms. The number of piperidine rings is 1. The van der Waals surface area contributed by atoms with Crippen molar-refractivity contribution >= 4 is 34.7 Å². The molecule has 2 bridgehead atoms.